The lowest BCUT2D eigenvalue weighted by atomic mass is 9.84. The molecule has 8 nitrogen and oxygen atoms in total. The summed E-state index contributed by atoms with van der Waals surface area (Å²) in [6, 6.07) is 4.48. The van der Waals surface area contributed by atoms with Gasteiger partial charge in [0, 0.05) is 37.5 Å². The predicted octanol–water partition coefficient (Wildman–Crippen LogP) is 4.40. The summed E-state index contributed by atoms with van der Waals surface area (Å²) in [5.74, 6) is 2.47. The summed E-state index contributed by atoms with van der Waals surface area (Å²) >= 11 is 0. The molecule has 5 rings (SSSR count). The number of rotatable bonds is 6. The predicted molar refractivity (Wildman–Crippen MR) is 135 cm³/mol. The fraction of sp³-hybridized carbons (Fsp3) is 0.615. The van der Waals surface area contributed by atoms with Crippen LogP contribution in [0.15, 0.2) is 18.3 Å². The summed E-state index contributed by atoms with van der Waals surface area (Å²) in [6.45, 7) is 10.4. The van der Waals surface area contributed by atoms with Gasteiger partial charge in [-0.15, -0.1) is 0 Å². The Morgan fingerprint density at radius 1 is 1.15 bits per heavy atom. The summed E-state index contributed by atoms with van der Waals surface area (Å²) in [6.07, 6.45) is 8.66. The lowest BCUT2D eigenvalue weighted by molar-refractivity contribution is 0.0196. The zero-order valence-electron chi connectivity index (χ0n) is 20.9. The maximum Gasteiger partial charge on any atom is 0.160 e. The molecule has 34 heavy (non-hydrogen) atoms. The van der Waals surface area contributed by atoms with Crippen LogP contribution in [0.5, 0.6) is 0 Å². The van der Waals surface area contributed by atoms with Crippen LogP contribution in [0.25, 0.3) is 17.0 Å². The van der Waals surface area contributed by atoms with Crippen molar-refractivity contribution < 1.29 is 5.11 Å². The van der Waals surface area contributed by atoms with Gasteiger partial charge in [-0.2, -0.15) is 9.61 Å². The number of fused-ring (bicyclic) bond motifs is 1. The van der Waals surface area contributed by atoms with Crippen molar-refractivity contribution in [2.24, 2.45) is 5.92 Å². The van der Waals surface area contributed by atoms with E-state index in [1.54, 1.807) is 0 Å². The Bertz CT molecular complexity index is 1150. The standard InChI is InChI=1S/C26H37N7O/c1-17(2)13-20-16-27-18(3)25(29-20)21-14-23-30-22(32-11-5-6-12-32)15-24(33(23)31-21)28-19-7-9-26(4,34)10-8-19/h14-17,19,28,34H,5-13H2,1-4H3. The summed E-state index contributed by atoms with van der Waals surface area (Å²) < 4.78 is 1.91. The van der Waals surface area contributed by atoms with Crippen LogP contribution >= 0.6 is 0 Å². The number of hydrogen-bond acceptors (Lipinski definition) is 7. The van der Waals surface area contributed by atoms with Crippen LogP contribution in [-0.2, 0) is 6.42 Å². The monoisotopic (exact) mass is 463 g/mol. The van der Waals surface area contributed by atoms with E-state index in [2.05, 4.69) is 35.1 Å². The molecule has 1 aliphatic heterocycles. The van der Waals surface area contributed by atoms with Crippen LogP contribution in [0, 0.1) is 12.8 Å². The number of aryl methyl sites for hydroxylation is 1. The first kappa shape index (κ1) is 23.0. The minimum Gasteiger partial charge on any atom is -0.390 e. The van der Waals surface area contributed by atoms with E-state index in [9.17, 15) is 5.11 Å². The zero-order valence-corrected chi connectivity index (χ0v) is 20.9. The Kier molecular flexibility index (Phi) is 6.18. The van der Waals surface area contributed by atoms with Gasteiger partial charge in [0.2, 0.25) is 0 Å². The number of nitrogens with one attached hydrogen (secondary N) is 1. The second-order valence-electron chi connectivity index (χ2n) is 10.8. The van der Waals surface area contributed by atoms with Gasteiger partial charge in [0.25, 0.3) is 0 Å². The highest BCUT2D eigenvalue weighted by Gasteiger charge is 2.29. The quantitative estimate of drug-likeness (QED) is 0.560. The zero-order chi connectivity index (χ0) is 23.9. The van der Waals surface area contributed by atoms with Crippen molar-refractivity contribution in [3.8, 4) is 11.4 Å². The average Bonchev–Trinajstić information content (AvgIpc) is 3.46. The van der Waals surface area contributed by atoms with Crippen molar-refractivity contribution in [2.75, 3.05) is 23.3 Å². The maximum absolute atomic E-state index is 10.4. The van der Waals surface area contributed by atoms with E-state index in [1.165, 1.54) is 12.8 Å². The van der Waals surface area contributed by atoms with E-state index in [0.717, 1.165) is 85.3 Å². The van der Waals surface area contributed by atoms with E-state index in [4.69, 9.17) is 15.1 Å². The molecule has 0 radical (unpaired) electrons. The molecule has 3 aromatic rings. The Balaban J connectivity index is 1.53. The van der Waals surface area contributed by atoms with E-state index in [1.807, 2.05) is 30.6 Å². The SMILES string of the molecule is Cc1ncc(CC(C)C)nc1-c1cc2nc(N3CCCC3)cc(NC3CCC(C)(O)CC3)n2n1. The van der Waals surface area contributed by atoms with Gasteiger partial charge in [-0.1, -0.05) is 13.8 Å². The molecule has 1 saturated carbocycles. The Labute approximate surface area is 201 Å². The van der Waals surface area contributed by atoms with Crippen molar-refractivity contribution in [1.82, 2.24) is 24.6 Å². The molecule has 0 bridgehead atoms. The molecule has 1 aliphatic carbocycles. The molecule has 3 aromatic heterocycles. The molecule has 1 saturated heterocycles. The van der Waals surface area contributed by atoms with Gasteiger partial charge in [-0.3, -0.25) is 4.98 Å². The van der Waals surface area contributed by atoms with Crippen LogP contribution in [-0.4, -0.2) is 54.4 Å². The van der Waals surface area contributed by atoms with Crippen molar-refractivity contribution in [3.05, 3.63) is 29.7 Å². The Morgan fingerprint density at radius 2 is 1.88 bits per heavy atom. The Morgan fingerprint density at radius 3 is 2.59 bits per heavy atom. The lowest BCUT2D eigenvalue weighted by Gasteiger charge is -2.34. The lowest BCUT2D eigenvalue weighted by Crippen LogP contribution is -2.36. The third-order valence-electron chi connectivity index (χ3n) is 7.12. The first-order valence-electron chi connectivity index (χ1n) is 12.7. The third-order valence-corrected chi connectivity index (χ3v) is 7.12. The molecule has 2 aliphatic rings. The average molecular weight is 464 g/mol. The second kappa shape index (κ2) is 9.13. The molecule has 0 spiro atoms. The minimum atomic E-state index is -0.553. The van der Waals surface area contributed by atoms with Crippen LogP contribution in [0.2, 0.25) is 0 Å². The molecule has 4 heterocycles. The van der Waals surface area contributed by atoms with Gasteiger partial charge < -0.3 is 15.3 Å². The first-order valence-corrected chi connectivity index (χ1v) is 12.7. The van der Waals surface area contributed by atoms with Gasteiger partial charge in [0.05, 0.1) is 17.0 Å². The topological polar surface area (TPSA) is 91.5 Å². The maximum atomic E-state index is 10.4. The van der Waals surface area contributed by atoms with Gasteiger partial charge in [0.1, 0.15) is 23.0 Å². The second-order valence-corrected chi connectivity index (χ2v) is 10.8. The fourth-order valence-electron chi connectivity index (χ4n) is 5.13. The van der Waals surface area contributed by atoms with Crippen molar-refractivity contribution >= 4 is 17.3 Å². The molecular weight excluding hydrogens is 426 g/mol. The molecule has 0 aromatic carbocycles. The van der Waals surface area contributed by atoms with Crippen molar-refractivity contribution in [1.29, 1.82) is 0 Å². The summed E-state index contributed by atoms with van der Waals surface area (Å²) in [4.78, 5) is 16.9. The normalized spacial score (nSPS) is 23.2. The van der Waals surface area contributed by atoms with E-state index < -0.39 is 5.60 Å². The van der Waals surface area contributed by atoms with Crippen molar-refractivity contribution in [2.45, 2.75) is 84.3 Å². The fourth-order valence-corrected chi connectivity index (χ4v) is 5.13. The molecule has 2 N–H and O–H groups in total. The van der Waals surface area contributed by atoms with E-state index in [0.29, 0.717) is 12.0 Å². The number of nitrogens with zero attached hydrogens (tertiary/aromatic N) is 6. The Hall–Kier alpha value is -2.74. The summed E-state index contributed by atoms with van der Waals surface area (Å²) in [7, 11) is 0. The summed E-state index contributed by atoms with van der Waals surface area (Å²) in [5.41, 5.74) is 3.76. The van der Waals surface area contributed by atoms with E-state index in [-0.39, 0.29) is 0 Å². The van der Waals surface area contributed by atoms with Gasteiger partial charge >= 0.3 is 0 Å². The number of hydrogen-bond donors (Lipinski definition) is 2. The third kappa shape index (κ3) is 4.87. The van der Waals surface area contributed by atoms with Crippen LogP contribution < -0.4 is 10.2 Å². The van der Waals surface area contributed by atoms with Gasteiger partial charge in [-0.25, -0.2) is 9.97 Å². The van der Waals surface area contributed by atoms with Gasteiger partial charge in [0.15, 0.2) is 5.65 Å². The molecule has 0 atom stereocenters. The molecule has 0 amide bonds. The van der Waals surface area contributed by atoms with Crippen LogP contribution in [0.3, 0.4) is 0 Å². The molecule has 0 unspecified atom stereocenters. The molecule has 182 valence electrons. The highest BCUT2D eigenvalue weighted by molar-refractivity contribution is 5.67. The number of aromatic nitrogens is 5. The largest absolute Gasteiger partial charge is 0.390 e. The van der Waals surface area contributed by atoms with Crippen LogP contribution in [0.1, 0.15) is 70.7 Å². The van der Waals surface area contributed by atoms with Crippen molar-refractivity contribution in [3.63, 3.8) is 0 Å². The highest BCUT2D eigenvalue weighted by Crippen LogP contribution is 2.32. The smallest absolute Gasteiger partial charge is 0.160 e. The number of aliphatic hydroxyl groups is 1. The molecule has 8 heteroatoms. The summed E-state index contributed by atoms with van der Waals surface area (Å²) in [5, 5.41) is 19.1. The first-order chi connectivity index (χ1) is 16.3. The highest BCUT2D eigenvalue weighted by atomic mass is 16.3. The van der Waals surface area contributed by atoms with Gasteiger partial charge in [-0.05, 0) is 64.7 Å². The minimum absolute atomic E-state index is 0.306. The van der Waals surface area contributed by atoms with E-state index >= 15 is 0 Å². The van der Waals surface area contributed by atoms with Crippen LogP contribution in [0.4, 0.5) is 11.6 Å². The molecular formula is C26H37N7O. The number of anilines is 2. The molecule has 2 fully saturated rings.